The number of rotatable bonds is 4. The van der Waals surface area contributed by atoms with E-state index in [0.29, 0.717) is 17.5 Å². The van der Waals surface area contributed by atoms with E-state index < -0.39 is 0 Å². The maximum atomic E-state index is 13.0. The molecule has 0 amide bonds. The van der Waals surface area contributed by atoms with Gasteiger partial charge >= 0.3 is 0 Å². The SMILES string of the molecule is Cl.Fc1cccc(OCc2noc([C@@H]3CCCCN3)n2)c1. The summed E-state index contributed by atoms with van der Waals surface area (Å²) in [7, 11) is 0. The average Bonchev–Trinajstić information content (AvgIpc) is 2.95. The molecule has 1 saturated heterocycles. The summed E-state index contributed by atoms with van der Waals surface area (Å²) < 4.78 is 23.7. The third kappa shape index (κ3) is 4.15. The Hall–Kier alpha value is -1.66. The first-order chi connectivity index (χ1) is 9.81. The largest absolute Gasteiger partial charge is 0.485 e. The molecule has 2 heterocycles. The fraction of sp³-hybridized carbons (Fsp3) is 0.429. The third-order valence-electron chi connectivity index (χ3n) is 3.26. The predicted octanol–water partition coefficient (Wildman–Crippen LogP) is 3.02. The van der Waals surface area contributed by atoms with Gasteiger partial charge in [0, 0.05) is 6.07 Å². The summed E-state index contributed by atoms with van der Waals surface area (Å²) in [5.74, 6) is 1.19. The highest BCUT2D eigenvalue weighted by atomic mass is 35.5. The number of halogens is 2. The Bertz CT molecular complexity index is 573. The highest BCUT2D eigenvalue weighted by Crippen LogP contribution is 2.21. The Morgan fingerprint density at radius 3 is 3.05 bits per heavy atom. The van der Waals surface area contributed by atoms with Crippen molar-refractivity contribution in [1.82, 2.24) is 15.5 Å². The van der Waals surface area contributed by atoms with Crippen molar-refractivity contribution >= 4 is 12.4 Å². The van der Waals surface area contributed by atoms with Gasteiger partial charge in [-0.3, -0.25) is 0 Å². The Balaban J connectivity index is 0.00000161. The normalized spacial score (nSPS) is 18.0. The minimum absolute atomic E-state index is 0. The molecule has 0 aliphatic carbocycles. The van der Waals surface area contributed by atoms with Crippen molar-refractivity contribution in [3.63, 3.8) is 0 Å². The quantitative estimate of drug-likeness (QED) is 0.940. The van der Waals surface area contributed by atoms with Crippen molar-refractivity contribution in [3.8, 4) is 5.75 Å². The minimum Gasteiger partial charge on any atom is -0.485 e. The first-order valence-corrected chi connectivity index (χ1v) is 6.75. The fourth-order valence-corrected chi connectivity index (χ4v) is 2.23. The number of benzene rings is 1. The molecule has 1 fully saturated rings. The monoisotopic (exact) mass is 313 g/mol. The Labute approximate surface area is 128 Å². The van der Waals surface area contributed by atoms with Crippen LogP contribution in [0.2, 0.25) is 0 Å². The smallest absolute Gasteiger partial charge is 0.243 e. The minimum atomic E-state index is -0.331. The summed E-state index contributed by atoms with van der Waals surface area (Å²) in [5, 5.41) is 7.23. The average molecular weight is 314 g/mol. The molecule has 1 aromatic carbocycles. The van der Waals surface area contributed by atoms with Crippen LogP contribution in [-0.2, 0) is 6.61 Å². The molecule has 3 rings (SSSR count). The van der Waals surface area contributed by atoms with E-state index in [2.05, 4.69) is 15.5 Å². The second kappa shape index (κ2) is 7.38. The van der Waals surface area contributed by atoms with Crippen molar-refractivity contribution < 1.29 is 13.7 Å². The van der Waals surface area contributed by atoms with Gasteiger partial charge in [-0.25, -0.2) is 4.39 Å². The van der Waals surface area contributed by atoms with Gasteiger partial charge in [-0.05, 0) is 31.5 Å². The van der Waals surface area contributed by atoms with Crippen LogP contribution in [0.4, 0.5) is 4.39 Å². The molecule has 1 aliphatic rings. The molecule has 0 bridgehead atoms. The predicted molar refractivity (Wildman–Crippen MR) is 76.9 cm³/mol. The highest BCUT2D eigenvalue weighted by molar-refractivity contribution is 5.85. The number of ether oxygens (including phenoxy) is 1. The van der Waals surface area contributed by atoms with E-state index in [4.69, 9.17) is 9.26 Å². The molecule has 2 aromatic rings. The second-order valence-electron chi connectivity index (χ2n) is 4.80. The molecule has 0 radical (unpaired) electrons. The van der Waals surface area contributed by atoms with Gasteiger partial charge in [0.25, 0.3) is 0 Å². The van der Waals surface area contributed by atoms with E-state index >= 15 is 0 Å². The van der Waals surface area contributed by atoms with Crippen molar-refractivity contribution in [3.05, 3.63) is 41.8 Å². The lowest BCUT2D eigenvalue weighted by atomic mass is 10.1. The lowest BCUT2D eigenvalue weighted by Crippen LogP contribution is -2.27. The van der Waals surface area contributed by atoms with Gasteiger partial charge in [0.1, 0.15) is 11.6 Å². The van der Waals surface area contributed by atoms with Crippen molar-refractivity contribution in [2.24, 2.45) is 0 Å². The first-order valence-electron chi connectivity index (χ1n) is 6.75. The lowest BCUT2D eigenvalue weighted by Gasteiger charge is -2.19. The zero-order valence-electron chi connectivity index (χ0n) is 11.4. The fourth-order valence-electron chi connectivity index (χ4n) is 2.23. The Morgan fingerprint density at radius 2 is 2.29 bits per heavy atom. The van der Waals surface area contributed by atoms with Gasteiger partial charge in [-0.1, -0.05) is 17.6 Å². The molecule has 1 atom stereocenters. The first kappa shape index (κ1) is 15.7. The van der Waals surface area contributed by atoms with Gasteiger partial charge in [0.05, 0.1) is 6.04 Å². The van der Waals surface area contributed by atoms with Crippen molar-refractivity contribution in [2.75, 3.05) is 6.54 Å². The van der Waals surface area contributed by atoms with Crippen LogP contribution in [0, 0.1) is 5.82 Å². The summed E-state index contributed by atoms with van der Waals surface area (Å²) in [4.78, 5) is 4.31. The molecule has 1 N–H and O–H groups in total. The molecule has 21 heavy (non-hydrogen) atoms. The summed E-state index contributed by atoms with van der Waals surface area (Å²) in [6.45, 7) is 1.14. The zero-order valence-corrected chi connectivity index (χ0v) is 12.2. The summed E-state index contributed by atoms with van der Waals surface area (Å²) in [6, 6.07) is 6.11. The number of hydrogen-bond donors (Lipinski definition) is 1. The molecule has 1 aromatic heterocycles. The van der Waals surface area contributed by atoms with E-state index in [1.165, 1.54) is 18.6 Å². The van der Waals surface area contributed by atoms with Gasteiger partial charge < -0.3 is 14.6 Å². The van der Waals surface area contributed by atoms with Crippen LogP contribution in [0.15, 0.2) is 28.8 Å². The number of nitrogens with zero attached hydrogens (tertiary/aromatic N) is 2. The third-order valence-corrected chi connectivity index (χ3v) is 3.26. The maximum absolute atomic E-state index is 13.0. The molecule has 0 saturated carbocycles. The van der Waals surface area contributed by atoms with E-state index in [0.717, 1.165) is 19.4 Å². The number of aromatic nitrogens is 2. The molecule has 7 heteroatoms. The summed E-state index contributed by atoms with van der Waals surface area (Å²) in [6.07, 6.45) is 3.35. The standard InChI is InChI=1S/C14H16FN3O2.ClH/c15-10-4-3-5-11(8-10)19-9-13-17-14(20-18-13)12-6-1-2-7-16-12;/h3-5,8,12,16H,1-2,6-7,9H2;1H/t12-;/m0./s1. The molecule has 1 aliphatic heterocycles. The van der Waals surface area contributed by atoms with Crippen LogP contribution in [0.1, 0.15) is 37.0 Å². The second-order valence-corrected chi connectivity index (χ2v) is 4.80. The zero-order chi connectivity index (χ0) is 13.8. The van der Waals surface area contributed by atoms with Crippen LogP contribution in [-0.4, -0.2) is 16.7 Å². The number of hydrogen-bond acceptors (Lipinski definition) is 5. The van der Waals surface area contributed by atoms with Crippen molar-refractivity contribution in [2.45, 2.75) is 31.9 Å². The lowest BCUT2D eigenvalue weighted by molar-refractivity contribution is 0.275. The summed E-state index contributed by atoms with van der Waals surface area (Å²) in [5.41, 5.74) is 0. The molecule has 0 spiro atoms. The molecule has 5 nitrogen and oxygen atoms in total. The van der Waals surface area contributed by atoms with Gasteiger partial charge in [-0.15, -0.1) is 12.4 Å². The number of piperidine rings is 1. The highest BCUT2D eigenvalue weighted by Gasteiger charge is 2.20. The molecular formula is C14H17ClFN3O2. The van der Waals surface area contributed by atoms with Gasteiger partial charge in [0.15, 0.2) is 6.61 Å². The Morgan fingerprint density at radius 1 is 1.38 bits per heavy atom. The topological polar surface area (TPSA) is 60.2 Å². The van der Waals surface area contributed by atoms with Crippen LogP contribution >= 0.6 is 12.4 Å². The van der Waals surface area contributed by atoms with Crippen LogP contribution in [0.3, 0.4) is 0 Å². The Kier molecular flexibility index (Phi) is 5.52. The maximum Gasteiger partial charge on any atom is 0.243 e. The van der Waals surface area contributed by atoms with Crippen LogP contribution in [0.25, 0.3) is 0 Å². The van der Waals surface area contributed by atoms with E-state index in [1.807, 2.05) is 0 Å². The van der Waals surface area contributed by atoms with Gasteiger partial charge in [0.2, 0.25) is 11.7 Å². The van der Waals surface area contributed by atoms with E-state index in [1.54, 1.807) is 12.1 Å². The van der Waals surface area contributed by atoms with E-state index in [9.17, 15) is 4.39 Å². The number of nitrogens with one attached hydrogen (secondary N) is 1. The molecule has 0 unspecified atom stereocenters. The van der Waals surface area contributed by atoms with Gasteiger partial charge in [-0.2, -0.15) is 4.98 Å². The van der Waals surface area contributed by atoms with E-state index in [-0.39, 0.29) is 30.9 Å². The van der Waals surface area contributed by atoms with Crippen LogP contribution in [0.5, 0.6) is 5.75 Å². The van der Waals surface area contributed by atoms with Crippen molar-refractivity contribution in [1.29, 1.82) is 0 Å². The molecule has 114 valence electrons. The summed E-state index contributed by atoms with van der Waals surface area (Å²) >= 11 is 0. The molecular weight excluding hydrogens is 297 g/mol. The van der Waals surface area contributed by atoms with Crippen LogP contribution < -0.4 is 10.1 Å².